The van der Waals surface area contributed by atoms with Crippen LogP contribution in [0, 0.1) is 0 Å². The highest BCUT2D eigenvalue weighted by Gasteiger charge is 2.13. The van der Waals surface area contributed by atoms with Crippen molar-refractivity contribution in [3.63, 3.8) is 0 Å². The maximum Gasteiger partial charge on any atom is 0.345 e. The molecule has 68 valence electrons. The van der Waals surface area contributed by atoms with Crippen LogP contribution in [-0.2, 0) is 9.53 Å². The molecule has 0 rings (SSSR count). The molecule has 0 fully saturated rings. The number of carbonyl (C=O) groups is 1. The number of hydrogen-bond acceptors (Lipinski definition) is 3. The Bertz CT molecular complexity index is 124. The topological polar surface area (TPSA) is 72.5 Å². The molecule has 11 heavy (non-hydrogen) atoms. The summed E-state index contributed by atoms with van der Waals surface area (Å²) < 4.78 is 26.0. The van der Waals surface area contributed by atoms with Gasteiger partial charge in [0, 0.05) is 0 Å². The van der Waals surface area contributed by atoms with E-state index in [0.717, 1.165) is 0 Å². The van der Waals surface area contributed by atoms with Crippen molar-refractivity contribution in [1.29, 1.82) is 0 Å². The van der Waals surface area contributed by atoms with Crippen molar-refractivity contribution in [2.75, 3.05) is 6.61 Å². The molecule has 0 bridgehead atoms. The Hall–Kier alpha value is -0.460. The van der Waals surface area contributed by atoms with Gasteiger partial charge in [-0.2, -0.15) is 8.78 Å². The van der Waals surface area contributed by atoms with E-state index in [1.807, 2.05) is 0 Å². The number of alkyl halides is 2. The van der Waals surface area contributed by atoms with Gasteiger partial charge in [-0.3, -0.25) is 4.79 Å². The van der Waals surface area contributed by atoms with Gasteiger partial charge in [-0.25, -0.2) is 0 Å². The van der Waals surface area contributed by atoms with Crippen molar-refractivity contribution in [1.82, 2.24) is 0 Å². The van der Waals surface area contributed by atoms with Crippen LogP contribution in [0.15, 0.2) is 0 Å². The van der Waals surface area contributed by atoms with Gasteiger partial charge in [-0.05, 0) is 0 Å². The van der Waals surface area contributed by atoms with Crippen molar-refractivity contribution in [2.45, 2.75) is 12.7 Å². The monoisotopic (exact) mass is 191 g/mol. The highest BCUT2D eigenvalue weighted by molar-refractivity contribution is 5.85. The zero-order valence-electron chi connectivity index (χ0n) is 5.37. The molecule has 0 unspecified atom stereocenters. The molecule has 0 aromatic rings. The van der Waals surface area contributed by atoms with E-state index in [4.69, 9.17) is 10.8 Å². The molecule has 1 atom stereocenters. The standard InChI is InChI=1S/C4H7F2NO3.ClH/c5-4(6)10-1-2(7)3(8)9;/h2,4H,1,7H2,(H,8,9);1H/t2-;/m0./s1. The minimum absolute atomic E-state index is 0. The second-order valence-corrected chi connectivity index (χ2v) is 1.54. The van der Waals surface area contributed by atoms with Gasteiger partial charge in [0.2, 0.25) is 0 Å². The lowest BCUT2D eigenvalue weighted by Crippen LogP contribution is -2.35. The Balaban J connectivity index is 0. The van der Waals surface area contributed by atoms with Gasteiger partial charge in [0.1, 0.15) is 6.04 Å². The third-order valence-electron chi connectivity index (χ3n) is 0.719. The van der Waals surface area contributed by atoms with E-state index in [2.05, 4.69) is 4.74 Å². The smallest absolute Gasteiger partial charge is 0.345 e. The second kappa shape index (κ2) is 6.26. The van der Waals surface area contributed by atoms with Gasteiger partial charge in [-0.15, -0.1) is 12.4 Å². The summed E-state index contributed by atoms with van der Waals surface area (Å²) >= 11 is 0. The van der Waals surface area contributed by atoms with Crippen molar-refractivity contribution in [3.8, 4) is 0 Å². The summed E-state index contributed by atoms with van der Waals surface area (Å²) in [6, 6.07) is -1.38. The average molecular weight is 192 g/mol. The van der Waals surface area contributed by atoms with Gasteiger partial charge < -0.3 is 15.6 Å². The highest BCUT2D eigenvalue weighted by atomic mass is 35.5. The quantitative estimate of drug-likeness (QED) is 0.659. The molecule has 0 aromatic carbocycles. The fourth-order valence-corrected chi connectivity index (χ4v) is 0.248. The first-order valence-electron chi connectivity index (χ1n) is 2.42. The predicted octanol–water partition coefficient (Wildman–Crippen LogP) is 0.0593. The lowest BCUT2D eigenvalue weighted by molar-refractivity contribution is -0.151. The first kappa shape index (κ1) is 13.2. The summed E-state index contributed by atoms with van der Waals surface area (Å²) in [6.07, 6.45) is 0. The van der Waals surface area contributed by atoms with Crippen LogP contribution in [0.4, 0.5) is 8.78 Å². The molecule has 0 heterocycles. The van der Waals surface area contributed by atoms with Gasteiger partial charge in [-0.1, -0.05) is 0 Å². The Morgan fingerprint density at radius 3 is 2.36 bits per heavy atom. The molecule has 0 saturated carbocycles. The van der Waals surface area contributed by atoms with Crippen LogP contribution >= 0.6 is 12.4 Å². The fraction of sp³-hybridized carbons (Fsp3) is 0.750. The summed E-state index contributed by atoms with van der Waals surface area (Å²) in [5.41, 5.74) is 4.81. The molecular formula is C4H8ClF2NO3. The normalized spacial score (nSPS) is 12.4. The van der Waals surface area contributed by atoms with Crippen LogP contribution < -0.4 is 5.73 Å². The largest absolute Gasteiger partial charge is 0.480 e. The van der Waals surface area contributed by atoms with Crippen molar-refractivity contribution in [3.05, 3.63) is 0 Å². The first-order valence-corrected chi connectivity index (χ1v) is 2.42. The molecule has 0 aromatic heterocycles. The van der Waals surface area contributed by atoms with Crippen molar-refractivity contribution in [2.24, 2.45) is 5.73 Å². The SMILES string of the molecule is Cl.N[C@@H](COC(F)F)C(=O)O. The molecule has 7 heteroatoms. The van der Waals surface area contributed by atoms with Crippen LogP contribution in [-0.4, -0.2) is 30.3 Å². The van der Waals surface area contributed by atoms with Crippen LogP contribution in [0.5, 0.6) is 0 Å². The fourth-order valence-electron chi connectivity index (χ4n) is 0.248. The maximum atomic E-state index is 11.2. The summed E-state index contributed by atoms with van der Waals surface area (Å²) in [7, 11) is 0. The van der Waals surface area contributed by atoms with E-state index in [1.165, 1.54) is 0 Å². The van der Waals surface area contributed by atoms with Gasteiger partial charge in [0.05, 0.1) is 6.61 Å². The number of hydrogen-bond donors (Lipinski definition) is 2. The number of nitrogens with two attached hydrogens (primary N) is 1. The summed E-state index contributed by atoms with van der Waals surface area (Å²) in [6.45, 7) is -3.64. The van der Waals surface area contributed by atoms with Crippen molar-refractivity contribution >= 4 is 18.4 Å². The molecule has 0 aliphatic rings. The van der Waals surface area contributed by atoms with Gasteiger partial charge in [0.25, 0.3) is 0 Å². The third kappa shape index (κ3) is 7.44. The first-order chi connectivity index (χ1) is 4.54. The second-order valence-electron chi connectivity index (χ2n) is 1.54. The summed E-state index contributed by atoms with van der Waals surface area (Å²) in [5, 5.41) is 8.04. The molecule has 0 aliphatic carbocycles. The van der Waals surface area contributed by atoms with E-state index in [9.17, 15) is 13.6 Å². The molecule has 0 radical (unpaired) electrons. The Labute approximate surface area is 67.7 Å². The van der Waals surface area contributed by atoms with E-state index >= 15 is 0 Å². The van der Waals surface area contributed by atoms with Crippen molar-refractivity contribution < 1.29 is 23.4 Å². The third-order valence-corrected chi connectivity index (χ3v) is 0.719. The molecule has 0 aliphatic heterocycles. The predicted molar refractivity (Wildman–Crippen MR) is 34.8 cm³/mol. The Morgan fingerprint density at radius 1 is 1.64 bits per heavy atom. The van der Waals surface area contributed by atoms with Gasteiger partial charge >= 0.3 is 12.6 Å². The molecule has 0 saturated heterocycles. The number of halogens is 3. The minimum Gasteiger partial charge on any atom is -0.480 e. The summed E-state index contributed by atoms with van der Waals surface area (Å²) in [5.74, 6) is -1.36. The molecule has 0 amide bonds. The van der Waals surface area contributed by atoms with E-state index in [-0.39, 0.29) is 12.4 Å². The number of carboxylic acids is 1. The van der Waals surface area contributed by atoms with Crippen LogP contribution in [0.25, 0.3) is 0 Å². The number of aliphatic carboxylic acids is 1. The lowest BCUT2D eigenvalue weighted by Gasteiger charge is -2.05. The Kier molecular flexibility index (Phi) is 7.49. The van der Waals surface area contributed by atoms with E-state index in [1.54, 1.807) is 0 Å². The molecule has 3 N–H and O–H groups in total. The molecular weight excluding hydrogens is 183 g/mol. The Morgan fingerprint density at radius 2 is 2.09 bits per heavy atom. The number of rotatable bonds is 4. The number of ether oxygens (including phenoxy) is 1. The molecule has 4 nitrogen and oxygen atoms in total. The van der Waals surface area contributed by atoms with Gasteiger partial charge in [0.15, 0.2) is 0 Å². The van der Waals surface area contributed by atoms with E-state index in [0.29, 0.717) is 0 Å². The maximum absolute atomic E-state index is 11.2. The molecule has 0 spiro atoms. The van der Waals surface area contributed by atoms with Crippen LogP contribution in [0.3, 0.4) is 0 Å². The van der Waals surface area contributed by atoms with Crippen LogP contribution in [0.2, 0.25) is 0 Å². The summed E-state index contributed by atoms with van der Waals surface area (Å²) in [4.78, 5) is 9.86. The number of carboxylic acid groups (broad SMARTS) is 1. The zero-order chi connectivity index (χ0) is 8.15. The van der Waals surface area contributed by atoms with Crippen LogP contribution in [0.1, 0.15) is 0 Å². The minimum atomic E-state index is -2.97. The lowest BCUT2D eigenvalue weighted by atomic mass is 10.3. The van der Waals surface area contributed by atoms with E-state index < -0.39 is 25.2 Å². The zero-order valence-corrected chi connectivity index (χ0v) is 6.18. The average Bonchev–Trinajstić information content (AvgIpc) is 1.82. The highest BCUT2D eigenvalue weighted by Crippen LogP contribution is 1.94.